The fraction of sp³-hybridized carbons (Fsp3) is 0.211. The van der Waals surface area contributed by atoms with Crippen LogP contribution in [0.15, 0.2) is 60.8 Å². The topological polar surface area (TPSA) is 64.0 Å². The highest BCUT2D eigenvalue weighted by molar-refractivity contribution is 7.88. The number of hydrogen-bond donors (Lipinski definition) is 1. The van der Waals surface area contributed by atoms with E-state index in [2.05, 4.69) is 9.82 Å². The SMILES string of the molecule is Cn1nccc1-c1ccc(CCNS(=O)(=O)Cc2ccccc2Cl)cc1. The molecule has 26 heavy (non-hydrogen) atoms. The summed E-state index contributed by atoms with van der Waals surface area (Å²) in [6.45, 7) is 0.345. The molecule has 0 atom stereocenters. The van der Waals surface area contributed by atoms with Crippen molar-refractivity contribution in [2.75, 3.05) is 6.54 Å². The van der Waals surface area contributed by atoms with Crippen molar-refractivity contribution in [1.29, 1.82) is 0 Å². The lowest BCUT2D eigenvalue weighted by atomic mass is 10.1. The summed E-state index contributed by atoms with van der Waals surface area (Å²) >= 11 is 6.03. The minimum Gasteiger partial charge on any atom is -0.268 e. The van der Waals surface area contributed by atoms with Crippen LogP contribution in [-0.4, -0.2) is 24.7 Å². The molecule has 0 bridgehead atoms. The number of benzene rings is 2. The van der Waals surface area contributed by atoms with E-state index in [1.807, 2.05) is 42.1 Å². The van der Waals surface area contributed by atoms with Crippen molar-refractivity contribution in [3.05, 3.63) is 76.9 Å². The quantitative estimate of drug-likeness (QED) is 0.673. The summed E-state index contributed by atoms with van der Waals surface area (Å²) in [4.78, 5) is 0. The van der Waals surface area contributed by atoms with Crippen LogP contribution in [0, 0.1) is 0 Å². The molecule has 3 rings (SSSR count). The monoisotopic (exact) mass is 389 g/mol. The Kier molecular flexibility index (Phi) is 5.76. The van der Waals surface area contributed by atoms with Gasteiger partial charge in [-0.15, -0.1) is 0 Å². The Labute approximate surface area is 158 Å². The average Bonchev–Trinajstić information content (AvgIpc) is 3.03. The van der Waals surface area contributed by atoms with Gasteiger partial charge in [0.25, 0.3) is 0 Å². The van der Waals surface area contributed by atoms with E-state index in [-0.39, 0.29) is 5.75 Å². The number of hydrogen-bond acceptors (Lipinski definition) is 3. The Morgan fingerprint density at radius 3 is 2.46 bits per heavy atom. The van der Waals surface area contributed by atoms with Gasteiger partial charge in [0.2, 0.25) is 10.0 Å². The van der Waals surface area contributed by atoms with Crippen LogP contribution in [0.5, 0.6) is 0 Å². The molecule has 1 N–H and O–H groups in total. The van der Waals surface area contributed by atoms with Gasteiger partial charge in [0.1, 0.15) is 0 Å². The molecular formula is C19H20ClN3O2S. The van der Waals surface area contributed by atoms with Crippen molar-refractivity contribution in [2.24, 2.45) is 7.05 Å². The maximum Gasteiger partial charge on any atom is 0.215 e. The minimum atomic E-state index is -3.42. The van der Waals surface area contributed by atoms with Crippen molar-refractivity contribution < 1.29 is 8.42 Å². The van der Waals surface area contributed by atoms with E-state index in [9.17, 15) is 8.42 Å². The first-order valence-corrected chi connectivity index (χ1v) is 10.3. The van der Waals surface area contributed by atoms with Crippen LogP contribution >= 0.6 is 11.6 Å². The predicted octanol–water partition coefficient (Wildman–Crippen LogP) is 3.40. The Balaban J connectivity index is 1.56. The maximum atomic E-state index is 12.2. The van der Waals surface area contributed by atoms with Gasteiger partial charge in [0.15, 0.2) is 0 Å². The zero-order chi connectivity index (χ0) is 18.6. The number of rotatable bonds is 7. The molecule has 0 aliphatic heterocycles. The fourth-order valence-electron chi connectivity index (χ4n) is 2.72. The molecule has 0 saturated carbocycles. The van der Waals surface area contributed by atoms with Crippen LogP contribution in [0.2, 0.25) is 5.02 Å². The van der Waals surface area contributed by atoms with Crippen LogP contribution in [0.3, 0.4) is 0 Å². The van der Waals surface area contributed by atoms with E-state index in [0.717, 1.165) is 16.8 Å². The van der Waals surface area contributed by atoms with Gasteiger partial charge in [-0.3, -0.25) is 4.68 Å². The summed E-state index contributed by atoms with van der Waals surface area (Å²) in [6.07, 6.45) is 2.38. The summed E-state index contributed by atoms with van der Waals surface area (Å²) in [5.41, 5.74) is 3.78. The molecule has 0 saturated heterocycles. The van der Waals surface area contributed by atoms with E-state index in [4.69, 9.17) is 11.6 Å². The van der Waals surface area contributed by atoms with Gasteiger partial charge in [-0.1, -0.05) is 54.1 Å². The van der Waals surface area contributed by atoms with Crippen LogP contribution in [0.1, 0.15) is 11.1 Å². The second-order valence-electron chi connectivity index (χ2n) is 6.03. The number of nitrogens with zero attached hydrogens (tertiary/aromatic N) is 2. The van der Waals surface area contributed by atoms with E-state index in [1.54, 1.807) is 30.5 Å². The molecule has 0 fully saturated rings. The molecule has 0 unspecified atom stereocenters. The second kappa shape index (κ2) is 8.03. The first kappa shape index (κ1) is 18.6. The van der Waals surface area contributed by atoms with Gasteiger partial charge < -0.3 is 0 Å². The standard InChI is InChI=1S/C19H20ClN3O2S/c1-23-19(11-12-21-23)16-8-6-15(7-9-16)10-13-22-26(24,25)14-17-4-2-3-5-18(17)20/h2-9,11-12,22H,10,13-14H2,1H3. The zero-order valence-electron chi connectivity index (χ0n) is 14.4. The second-order valence-corrected chi connectivity index (χ2v) is 8.25. The van der Waals surface area contributed by atoms with E-state index in [0.29, 0.717) is 23.6 Å². The largest absolute Gasteiger partial charge is 0.268 e. The smallest absolute Gasteiger partial charge is 0.215 e. The van der Waals surface area contributed by atoms with Crippen molar-refractivity contribution in [2.45, 2.75) is 12.2 Å². The number of aryl methyl sites for hydroxylation is 1. The molecular weight excluding hydrogens is 370 g/mol. The van der Waals surface area contributed by atoms with E-state index >= 15 is 0 Å². The highest BCUT2D eigenvalue weighted by atomic mass is 35.5. The lowest BCUT2D eigenvalue weighted by Gasteiger charge is -2.09. The van der Waals surface area contributed by atoms with Crippen LogP contribution < -0.4 is 4.72 Å². The summed E-state index contributed by atoms with van der Waals surface area (Å²) in [7, 11) is -1.52. The molecule has 0 radical (unpaired) electrons. The first-order chi connectivity index (χ1) is 12.4. The van der Waals surface area contributed by atoms with Gasteiger partial charge in [-0.05, 0) is 35.2 Å². The highest BCUT2D eigenvalue weighted by Crippen LogP contribution is 2.19. The third kappa shape index (κ3) is 4.72. The van der Waals surface area contributed by atoms with E-state index in [1.165, 1.54) is 0 Å². The lowest BCUT2D eigenvalue weighted by molar-refractivity contribution is 0.581. The van der Waals surface area contributed by atoms with Crippen molar-refractivity contribution in [3.63, 3.8) is 0 Å². The fourth-order valence-corrected chi connectivity index (χ4v) is 4.18. The zero-order valence-corrected chi connectivity index (χ0v) is 16.0. The first-order valence-electron chi connectivity index (χ1n) is 8.23. The molecule has 1 heterocycles. The summed E-state index contributed by atoms with van der Waals surface area (Å²) in [5.74, 6) is -0.119. The summed E-state index contributed by atoms with van der Waals surface area (Å²) in [6, 6.07) is 17.0. The molecule has 7 heteroatoms. The molecule has 0 amide bonds. The third-order valence-electron chi connectivity index (χ3n) is 4.11. The van der Waals surface area contributed by atoms with E-state index < -0.39 is 10.0 Å². The Morgan fingerprint density at radius 1 is 1.08 bits per heavy atom. The van der Waals surface area contributed by atoms with Crippen molar-refractivity contribution in [3.8, 4) is 11.3 Å². The minimum absolute atomic E-state index is 0.119. The maximum absolute atomic E-state index is 12.2. The van der Waals surface area contributed by atoms with Gasteiger partial charge >= 0.3 is 0 Å². The van der Waals surface area contributed by atoms with Crippen LogP contribution in [-0.2, 0) is 29.2 Å². The molecule has 1 aromatic heterocycles. The van der Waals surface area contributed by atoms with Crippen molar-refractivity contribution >= 4 is 21.6 Å². The number of halogens is 1. The molecule has 2 aromatic carbocycles. The Morgan fingerprint density at radius 2 is 1.81 bits per heavy atom. The van der Waals surface area contributed by atoms with Gasteiger partial charge in [-0.25, -0.2) is 13.1 Å². The number of sulfonamides is 1. The normalized spacial score (nSPS) is 11.6. The molecule has 0 aliphatic carbocycles. The number of nitrogens with one attached hydrogen (secondary N) is 1. The third-order valence-corrected chi connectivity index (χ3v) is 5.81. The van der Waals surface area contributed by atoms with Crippen LogP contribution in [0.25, 0.3) is 11.3 Å². The summed E-state index contributed by atoms with van der Waals surface area (Å²) < 4.78 is 28.9. The predicted molar refractivity (Wildman–Crippen MR) is 104 cm³/mol. The highest BCUT2D eigenvalue weighted by Gasteiger charge is 2.13. The molecule has 0 spiro atoms. The van der Waals surface area contributed by atoms with Crippen molar-refractivity contribution in [1.82, 2.24) is 14.5 Å². The molecule has 3 aromatic rings. The summed E-state index contributed by atoms with van der Waals surface area (Å²) in [5, 5.41) is 4.62. The Bertz CT molecular complexity index is 982. The molecule has 5 nitrogen and oxygen atoms in total. The van der Waals surface area contributed by atoms with Gasteiger partial charge in [0.05, 0.1) is 11.4 Å². The van der Waals surface area contributed by atoms with Gasteiger partial charge in [-0.2, -0.15) is 5.10 Å². The molecule has 136 valence electrons. The lowest BCUT2D eigenvalue weighted by Crippen LogP contribution is -2.27. The Hall–Kier alpha value is -2.15. The van der Waals surface area contributed by atoms with Crippen LogP contribution in [0.4, 0.5) is 0 Å². The number of aromatic nitrogens is 2. The molecule has 0 aliphatic rings. The average molecular weight is 390 g/mol. The van der Waals surface area contributed by atoms with Gasteiger partial charge in [0, 0.05) is 24.8 Å².